The lowest BCUT2D eigenvalue weighted by Gasteiger charge is -2.33. The normalized spacial score (nSPS) is 17.5. The lowest BCUT2D eigenvalue weighted by molar-refractivity contribution is 0.0637. The number of aromatic nitrogens is 3. The van der Waals surface area contributed by atoms with Crippen molar-refractivity contribution in [2.45, 2.75) is 46.1 Å². The van der Waals surface area contributed by atoms with E-state index in [2.05, 4.69) is 43.2 Å². The van der Waals surface area contributed by atoms with Crippen molar-refractivity contribution in [3.63, 3.8) is 0 Å². The number of hydrogen-bond acceptors (Lipinski definition) is 3. The van der Waals surface area contributed by atoms with Crippen LogP contribution in [0.2, 0.25) is 0 Å². The van der Waals surface area contributed by atoms with Crippen LogP contribution >= 0.6 is 0 Å². The second-order valence-electron chi connectivity index (χ2n) is 7.67. The van der Waals surface area contributed by atoms with Crippen LogP contribution in [0.1, 0.15) is 47.8 Å². The van der Waals surface area contributed by atoms with Gasteiger partial charge in [0.2, 0.25) is 0 Å². The summed E-state index contributed by atoms with van der Waals surface area (Å²) in [7, 11) is 1.89. The van der Waals surface area contributed by atoms with Gasteiger partial charge >= 0.3 is 0 Å². The molecule has 0 saturated carbocycles. The zero-order valence-corrected chi connectivity index (χ0v) is 16.5. The number of benzene rings is 1. The molecule has 4 rings (SSSR count). The largest absolute Gasteiger partial charge is 0.336 e. The number of fused-ring (bicyclic) bond motifs is 1. The van der Waals surface area contributed by atoms with Gasteiger partial charge < -0.3 is 4.90 Å². The molecule has 1 aliphatic rings. The number of piperidine rings is 1. The van der Waals surface area contributed by atoms with Crippen LogP contribution in [0.3, 0.4) is 0 Å². The van der Waals surface area contributed by atoms with Crippen molar-refractivity contribution in [1.29, 1.82) is 0 Å². The lowest BCUT2D eigenvalue weighted by Crippen LogP contribution is -2.42. The van der Waals surface area contributed by atoms with Gasteiger partial charge in [-0.3, -0.25) is 9.48 Å². The van der Waals surface area contributed by atoms with Gasteiger partial charge in [-0.25, -0.2) is 4.98 Å². The molecular formula is C22H26N4O. The van der Waals surface area contributed by atoms with E-state index < -0.39 is 0 Å². The van der Waals surface area contributed by atoms with Crippen LogP contribution in [0.25, 0.3) is 22.3 Å². The van der Waals surface area contributed by atoms with Crippen molar-refractivity contribution >= 4 is 16.9 Å². The van der Waals surface area contributed by atoms with Gasteiger partial charge in [0, 0.05) is 25.2 Å². The van der Waals surface area contributed by atoms with Crippen LogP contribution in [0, 0.1) is 13.8 Å². The van der Waals surface area contributed by atoms with Crippen LogP contribution in [-0.4, -0.2) is 38.2 Å². The maximum absolute atomic E-state index is 13.5. The molecule has 0 N–H and O–H groups in total. The Labute approximate surface area is 160 Å². The van der Waals surface area contributed by atoms with Gasteiger partial charge in [0.05, 0.1) is 22.3 Å². The van der Waals surface area contributed by atoms with Crippen LogP contribution in [0.5, 0.6) is 0 Å². The van der Waals surface area contributed by atoms with Gasteiger partial charge in [0.15, 0.2) is 5.65 Å². The Kier molecular flexibility index (Phi) is 4.46. The number of hydrogen-bond donors (Lipinski definition) is 0. The number of nitrogens with zero attached hydrogens (tertiary/aromatic N) is 4. The molecular weight excluding hydrogens is 336 g/mol. The highest BCUT2D eigenvalue weighted by atomic mass is 16.2. The Balaban J connectivity index is 1.89. The molecule has 1 aliphatic heterocycles. The van der Waals surface area contributed by atoms with Crippen molar-refractivity contribution in [1.82, 2.24) is 19.7 Å². The van der Waals surface area contributed by atoms with E-state index in [0.717, 1.165) is 52.9 Å². The maximum atomic E-state index is 13.5. The van der Waals surface area contributed by atoms with Gasteiger partial charge in [0.25, 0.3) is 5.91 Å². The molecule has 0 radical (unpaired) electrons. The van der Waals surface area contributed by atoms with Crippen LogP contribution < -0.4 is 0 Å². The third kappa shape index (κ3) is 3.11. The number of pyridine rings is 1. The van der Waals surface area contributed by atoms with Crippen molar-refractivity contribution in [2.75, 3.05) is 6.54 Å². The number of aryl methyl sites for hydroxylation is 3. The van der Waals surface area contributed by atoms with Gasteiger partial charge in [0.1, 0.15) is 0 Å². The summed E-state index contributed by atoms with van der Waals surface area (Å²) in [6.07, 6.45) is 3.33. The van der Waals surface area contributed by atoms with Crippen LogP contribution in [0.15, 0.2) is 30.3 Å². The first kappa shape index (κ1) is 17.7. The molecule has 5 heteroatoms. The average Bonchev–Trinajstić information content (AvgIpc) is 2.95. The smallest absolute Gasteiger partial charge is 0.254 e. The average molecular weight is 362 g/mol. The molecule has 1 amide bonds. The van der Waals surface area contributed by atoms with Crippen molar-refractivity contribution in [3.8, 4) is 11.3 Å². The molecule has 1 saturated heterocycles. The number of amides is 1. The Morgan fingerprint density at radius 1 is 1.15 bits per heavy atom. The van der Waals surface area contributed by atoms with Crippen molar-refractivity contribution < 1.29 is 4.79 Å². The van der Waals surface area contributed by atoms with E-state index >= 15 is 0 Å². The Hall–Kier alpha value is -2.69. The zero-order valence-electron chi connectivity index (χ0n) is 16.5. The predicted octanol–water partition coefficient (Wildman–Crippen LogP) is 4.27. The summed E-state index contributed by atoms with van der Waals surface area (Å²) in [6.45, 7) is 6.99. The topological polar surface area (TPSA) is 51.0 Å². The monoisotopic (exact) mass is 362 g/mol. The van der Waals surface area contributed by atoms with Crippen molar-refractivity contribution in [3.05, 3.63) is 47.2 Å². The minimum Gasteiger partial charge on any atom is -0.336 e. The predicted molar refractivity (Wildman–Crippen MR) is 108 cm³/mol. The molecule has 3 heterocycles. The zero-order chi connectivity index (χ0) is 19.1. The Bertz CT molecular complexity index is 1000. The molecule has 0 aliphatic carbocycles. The molecule has 0 bridgehead atoms. The fourth-order valence-electron chi connectivity index (χ4n) is 4.04. The molecule has 0 spiro atoms. The van der Waals surface area contributed by atoms with Gasteiger partial charge in [-0.1, -0.05) is 29.8 Å². The second kappa shape index (κ2) is 6.80. The highest BCUT2D eigenvalue weighted by molar-refractivity contribution is 6.07. The molecule has 3 aromatic rings. The fraction of sp³-hybridized carbons (Fsp3) is 0.409. The first-order valence-electron chi connectivity index (χ1n) is 9.68. The standard InChI is InChI=1S/C22H26N4O/c1-14-8-10-17(11-9-14)19-13-18(20-16(3)24-25(4)21(20)23-19)22(27)26-12-6-5-7-15(26)2/h8-11,13,15H,5-7,12H2,1-4H3/t15-/m1/s1. The van der Waals surface area contributed by atoms with Crippen LogP contribution in [0.4, 0.5) is 0 Å². The third-order valence-corrected chi connectivity index (χ3v) is 5.61. The Morgan fingerprint density at radius 2 is 1.89 bits per heavy atom. The van der Waals surface area contributed by atoms with E-state index in [1.54, 1.807) is 4.68 Å². The van der Waals surface area contributed by atoms with E-state index in [1.165, 1.54) is 12.0 Å². The van der Waals surface area contributed by atoms with Gasteiger partial charge in [-0.05, 0) is 46.1 Å². The third-order valence-electron chi connectivity index (χ3n) is 5.61. The SMILES string of the molecule is Cc1ccc(-c2cc(C(=O)N3CCCC[C@H]3C)c3c(C)nn(C)c3n2)cc1. The molecule has 5 nitrogen and oxygen atoms in total. The fourth-order valence-corrected chi connectivity index (χ4v) is 4.04. The summed E-state index contributed by atoms with van der Waals surface area (Å²) in [6, 6.07) is 10.5. The van der Waals surface area contributed by atoms with Gasteiger partial charge in [-0.15, -0.1) is 0 Å². The molecule has 140 valence electrons. The summed E-state index contributed by atoms with van der Waals surface area (Å²) >= 11 is 0. The number of carbonyl (C=O) groups is 1. The Morgan fingerprint density at radius 3 is 2.59 bits per heavy atom. The summed E-state index contributed by atoms with van der Waals surface area (Å²) < 4.78 is 1.78. The highest BCUT2D eigenvalue weighted by Crippen LogP contribution is 2.29. The first-order valence-corrected chi connectivity index (χ1v) is 9.68. The summed E-state index contributed by atoms with van der Waals surface area (Å²) in [4.78, 5) is 20.3. The molecule has 1 aromatic carbocycles. The van der Waals surface area contributed by atoms with Crippen molar-refractivity contribution in [2.24, 2.45) is 7.05 Å². The lowest BCUT2D eigenvalue weighted by atomic mass is 9.99. The van der Waals surface area contributed by atoms with E-state index in [9.17, 15) is 4.79 Å². The van der Waals surface area contributed by atoms with Gasteiger partial charge in [-0.2, -0.15) is 5.10 Å². The second-order valence-corrected chi connectivity index (χ2v) is 7.67. The first-order chi connectivity index (χ1) is 13.0. The molecule has 2 aromatic heterocycles. The maximum Gasteiger partial charge on any atom is 0.254 e. The summed E-state index contributed by atoms with van der Waals surface area (Å²) in [5.74, 6) is 0.0964. The summed E-state index contributed by atoms with van der Waals surface area (Å²) in [5.41, 5.74) is 5.37. The molecule has 1 atom stereocenters. The van der Waals surface area contributed by atoms with E-state index in [0.29, 0.717) is 0 Å². The molecule has 27 heavy (non-hydrogen) atoms. The highest BCUT2D eigenvalue weighted by Gasteiger charge is 2.27. The van der Waals surface area contributed by atoms with E-state index in [1.807, 2.05) is 24.9 Å². The summed E-state index contributed by atoms with van der Waals surface area (Å²) in [5, 5.41) is 5.40. The number of rotatable bonds is 2. The van der Waals surface area contributed by atoms with E-state index in [4.69, 9.17) is 4.98 Å². The molecule has 1 fully saturated rings. The molecule has 0 unspecified atom stereocenters. The number of likely N-dealkylation sites (tertiary alicyclic amines) is 1. The number of carbonyl (C=O) groups excluding carboxylic acids is 1. The van der Waals surface area contributed by atoms with E-state index in [-0.39, 0.29) is 11.9 Å². The minimum atomic E-state index is 0.0964. The quantitative estimate of drug-likeness (QED) is 0.684. The minimum absolute atomic E-state index is 0.0964. The van der Waals surface area contributed by atoms with Crippen LogP contribution in [-0.2, 0) is 7.05 Å².